The van der Waals surface area contributed by atoms with Gasteiger partial charge in [-0.05, 0) is 37.0 Å². The monoisotopic (exact) mass is 260 g/mol. The van der Waals surface area contributed by atoms with Gasteiger partial charge in [-0.1, -0.05) is 32.9 Å². The minimum Gasteiger partial charge on any atom is -0.479 e. The van der Waals surface area contributed by atoms with E-state index in [1.807, 2.05) is 18.2 Å². The van der Waals surface area contributed by atoms with Crippen molar-refractivity contribution in [3.05, 3.63) is 29.8 Å². The van der Waals surface area contributed by atoms with E-state index in [1.54, 1.807) is 0 Å². The number of nitrogens with zero attached hydrogens (tertiary/aromatic N) is 1. The van der Waals surface area contributed by atoms with Crippen LogP contribution in [0.2, 0.25) is 0 Å². The Balaban J connectivity index is 2.62. The molecule has 0 heterocycles. The largest absolute Gasteiger partial charge is 0.479 e. The lowest BCUT2D eigenvalue weighted by atomic mass is 9.99. The highest BCUT2D eigenvalue weighted by Gasteiger charge is 2.14. The van der Waals surface area contributed by atoms with E-state index in [2.05, 4.69) is 45.1 Å². The third kappa shape index (κ3) is 4.92. The molecule has 0 aromatic heterocycles. The van der Waals surface area contributed by atoms with Crippen LogP contribution in [-0.4, -0.2) is 12.6 Å². The molecule has 0 amide bonds. The molecule has 0 aliphatic heterocycles. The molecule has 2 unspecified atom stereocenters. The first-order valence-electron chi connectivity index (χ1n) is 6.94. The maximum Gasteiger partial charge on any atom is 0.174 e. The number of benzene rings is 1. The van der Waals surface area contributed by atoms with E-state index in [0.29, 0.717) is 18.0 Å². The summed E-state index contributed by atoms with van der Waals surface area (Å²) in [5, 5.41) is 12.1. The molecule has 0 saturated carbocycles. The Bertz CT molecular complexity index is 406. The van der Waals surface area contributed by atoms with Crippen molar-refractivity contribution in [2.45, 2.75) is 46.2 Å². The van der Waals surface area contributed by atoms with E-state index in [4.69, 9.17) is 10.00 Å². The Morgan fingerprint density at radius 1 is 1.21 bits per heavy atom. The molecule has 3 heteroatoms. The van der Waals surface area contributed by atoms with Crippen LogP contribution in [0.15, 0.2) is 24.3 Å². The van der Waals surface area contributed by atoms with Crippen LogP contribution in [0.1, 0.15) is 45.7 Å². The van der Waals surface area contributed by atoms with Gasteiger partial charge in [-0.2, -0.15) is 5.26 Å². The minimum atomic E-state index is 0.0956. The summed E-state index contributed by atoms with van der Waals surface area (Å²) in [6.07, 6.45) is 1.13. The van der Waals surface area contributed by atoms with Crippen molar-refractivity contribution in [2.75, 3.05) is 6.61 Å². The Hall–Kier alpha value is -1.53. The van der Waals surface area contributed by atoms with E-state index in [9.17, 15) is 0 Å². The van der Waals surface area contributed by atoms with Crippen LogP contribution >= 0.6 is 0 Å². The van der Waals surface area contributed by atoms with Gasteiger partial charge in [0.15, 0.2) is 6.61 Å². The second kappa shape index (κ2) is 7.81. The van der Waals surface area contributed by atoms with Gasteiger partial charge in [0.1, 0.15) is 11.8 Å². The van der Waals surface area contributed by atoms with Crippen molar-refractivity contribution in [2.24, 2.45) is 5.92 Å². The number of nitrogens with one attached hydrogen (secondary N) is 1. The maximum atomic E-state index is 8.46. The van der Waals surface area contributed by atoms with Crippen LogP contribution in [0, 0.1) is 17.2 Å². The molecule has 1 rings (SSSR count). The van der Waals surface area contributed by atoms with E-state index < -0.39 is 0 Å². The quantitative estimate of drug-likeness (QED) is 0.813. The lowest BCUT2D eigenvalue weighted by Crippen LogP contribution is -2.35. The van der Waals surface area contributed by atoms with E-state index in [1.165, 1.54) is 5.56 Å². The first kappa shape index (κ1) is 15.5. The standard InChI is InChI=1S/C16H24N2O/c1-5-16(12(2)3)18-13(4)14-6-8-15(9-7-14)19-11-10-17/h6-9,12-13,16,18H,5,11H2,1-4H3. The number of ether oxygens (including phenoxy) is 1. The lowest BCUT2D eigenvalue weighted by Gasteiger charge is -2.25. The number of rotatable bonds is 7. The highest BCUT2D eigenvalue weighted by Crippen LogP contribution is 2.19. The molecule has 19 heavy (non-hydrogen) atoms. The average molecular weight is 260 g/mol. The van der Waals surface area contributed by atoms with Crippen molar-refractivity contribution in [3.63, 3.8) is 0 Å². The Morgan fingerprint density at radius 3 is 2.32 bits per heavy atom. The normalized spacial score (nSPS) is 13.9. The molecule has 0 spiro atoms. The summed E-state index contributed by atoms with van der Waals surface area (Å²) in [4.78, 5) is 0. The van der Waals surface area contributed by atoms with Gasteiger partial charge in [-0.25, -0.2) is 0 Å². The molecular weight excluding hydrogens is 236 g/mol. The van der Waals surface area contributed by atoms with Crippen LogP contribution in [0.5, 0.6) is 5.75 Å². The smallest absolute Gasteiger partial charge is 0.174 e. The van der Waals surface area contributed by atoms with Crippen molar-refractivity contribution in [1.29, 1.82) is 5.26 Å². The van der Waals surface area contributed by atoms with E-state index >= 15 is 0 Å². The van der Waals surface area contributed by atoms with Gasteiger partial charge in [0, 0.05) is 12.1 Å². The topological polar surface area (TPSA) is 45.0 Å². The second-order valence-electron chi connectivity index (χ2n) is 5.16. The molecular formula is C16H24N2O. The highest BCUT2D eigenvalue weighted by molar-refractivity contribution is 5.29. The molecule has 0 aliphatic rings. The fraction of sp³-hybridized carbons (Fsp3) is 0.562. The zero-order valence-corrected chi connectivity index (χ0v) is 12.3. The summed E-state index contributed by atoms with van der Waals surface area (Å²) in [6.45, 7) is 8.97. The number of nitriles is 1. The van der Waals surface area contributed by atoms with Gasteiger partial charge in [0.25, 0.3) is 0 Å². The van der Waals surface area contributed by atoms with Gasteiger partial charge in [-0.3, -0.25) is 0 Å². The molecule has 104 valence electrons. The molecule has 2 atom stereocenters. The van der Waals surface area contributed by atoms with Gasteiger partial charge in [0.05, 0.1) is 0 Å². The molecule has 0 aliphatic carbocycles. The summed E-state index contributed by atoms with van der Waals surface area (Å²) >= 11 is 0. The van der Waals surface area contributed by atoms with Crippen molar-refractivity contribution in [3.8, 4) is 11.8 Å². The third-order valence-corrected chi connectivity index (χ3v) is 3.39. The molecule has 0 radical (unpaired) electrons. The summed E-state index contributed by atoms with van der Waals surface area (Å²) in [6, 6.07) is 10.8. The van der Waals surface area contributed by atoms with Crippen molar-refractivity contribution in [1.82, 2.24) is 5.32 Å². The Kier molecular flexibility index (Phi) is 6.38. The van der Waals surface area contributed by atoms with Crippen LogP contribution < -0.4 is 10.1 Å². The van der Waals surface area contributed by atoms with Crippen LogP contribution in [0.4, 0.5) is 0 Å². The fourth-order valence-electron chi connectivity index (χ4n) is 2.17. The molecule has 0 saturated heterocycles. The third-order valence-electron chi connectivity index (χ3n) is 3.39. The minimum absolute atomic E-state index is 0.0956. The zero-order valence-electron chi connectivity index (χ0n) is 12.3. The summed E-state index contributed by atoms with van der Waals surface area (Å²) in [5.74, 6) is 1.37. The van der Waals surface area contributed by atoms with Crippen LogP contribution in [0.25, 0.3) is 0 Å². The van der Waals surface area contributed by atoms with Crippen molar-refractivity contribution >= 4 is 0 Å². The van der Waals surface area contributed by atoms with Crippen LogP contribution in [-0.2, 0) is 0 Å². The molecule has 1 aromatic rings. The predicted octanol–water partition coefficient (Wildman–Crippen LogP) is 3.67. The predicted molar refractivity (Wildman–Crippen MR) is 78.0 cm³/mol. The highest BCUT2D eigenvalue weighted by atomic mass is 16.5. The maximum absolute atomic E-state index is 8.46. The van der Waals surface area contributed by atoms with Gasteiger partial charge >= 0.3 is 0 Å². The molecule has 1 N–H and O–H groups in total. The average Bonchev–Trinajstić information content (AvgIpc) is 2.42. The second-order valence-corrected chi connectivity index (χ2v) is 5.16. The van der Waals surface area contributed by atoms with E-state index in [0.717, 1.165) is 12.2 Å². The number of hydrogen-bond donors (Lipinski definition) is 1. The Labute approximate surface area is 116 Å². The Morgan fingerprint density at radius 2 is 1.84 bits per heavy atom. The molecule has 0 bridgehead atoms. The molecule has 1 aromatic carbocycles. The molecule has 0 fully saturated rings. The SMILES string of the molecule is CCC(NC(C)c1ccc(OCC#N)cc1)C(C)C. The zero-order chi connectivity index (χ0) is 14.3. The van der Waals surface area contributed by atoms with Gasteiger partial charge in [0.2, 0.25) is 0 Å². The van der Waals surface area contributed by atoms with Crippen LogP contribution in [0.3, 0.4) is 0 Å². The van der Waals surface area contributed by atoms with Crippen molar-refractivity contribution < 1.29 is 4.74 Å². The van der Waals surface area contributed by atoms with Gasteiger partial charge in [-0.15, -0.1) is 0 Å². The van der Waals surface area contributed by atoms with E-state index in [-0.39, 0.29) is 6.61 Å². The fourth-order valence-corrected chi connectivity index (χ4v) is 2.17. The number of hydrogen-bond acceptors (Lipinski definition) is 3. The lowest BCUT2D eigenvalue weighted by molar-refractivity contribution is 0.354. The first-order chi connectivity index (χ1) is 9.08. The first-order valence-corrected chi connectivity index (χ1v) is 6.94. The molecule has 3 nitrogen and oxygen atoms in total. The summed E-state index contributed by atoms with van der Waals surface area (Å²) < 4.78 is 5.25. The summed E-state index contributed by atoms with van der Waals surface area (Å²) in [5.41, 5.74) is 1.24. The van der Waals surface area contributed by atoms with Gasteiger partial charge < -0.3 is 10.1 Å². The summed E-state index contributed by atoms with van der Waals surface area (Å²) in [7, 11) is 0.